The number of aliphatic hydroxyl groups excluding tert-OH is 1. The molecule has 0 atom stereocenters. The van der Waals surface area contributed by atoms with Crippen LogP contribution in [0.2, 0.25) is 0 Å². The molecule has 0 saturated carbocycles. The van der Waals surface area contributed by atoms with Crippen molar-refractivity contribution < 1.29 is 19.4 Å². The van der Waals surface area contributed by atoms with Crippen LogP contribution < -0.4 is 16.4 Å². The number of aliphatic hydroxyl groups is 1. The number of fused-ring (bicyclic) bond motifs is 6. The highest BCUT2D eigenvalue weighted by Gasteiger charge is 2.29. The summed E-state index contributed by atoms with van der Waals surface area (Å²) in [5.74, 6) is 0.796. The molecule has 1 aliphatic heterocycles. The normalized spacial score (nSPS) is 15.4. The summed E-state index contributed by atoms with van der Waals surface area (Å²) in [6, 6.07) is 0. The van der Waals surface area contributed by atoms with Gasteiger partial charge in [0, 0.05) is 50.8 Å². The Labute approximate surface area is 326 Å². The number of thioether (sulfide) groups is 1. The largest absolute Gasteiger partial charge is 0.394 e. The first-order chi connectivity index (χ1) is 26.7. The van der Waals surface area contributed by atoms with Crippen LogP contribution in [0.15, 0.2) is 17.6 Å². The number of aromatic nitrogens is 8. The van der Waals surface area contributed by atoms with Crippen molar-refractivity contribution in [3.05, 3.63) is 46.0 Å². The molecule has 55 heavy (non-hydrogen) atoms. The number of amides is 2. The number of nitrogens with two attached hydrogens (primary N) is 1. The van der Waals surface area contributed by atoms with Crippen LogP contribution >= 0.6 is 11.8 Å². The molecule has 5 N–H and O–H groups in total. The van der Waals surface area contributed by atoms with Gasteiger partial charge in [0.2, 0.25) is 5.95 Å². The second kappa shape index (κ2) is 18.9. The molecule has 0 aromatic carbocycles. The maximum absolute atomic E-state index is 12.7. The van der Waals surface area contributed by atoms with Gasteiger partial charge in [-0.25, -0.2) is 19.9 Å². The van der Waals surface area contributed by atoms with E-state index in [-0.39, 0.29) is 18.2 Å². The lowest BCUT2D eigenvalue weighted by atomic mass is 9.99. The Bertz CT molecular complexity index is 1960. The zero-order chi connectivity index (χ0) is 38.9. The van der Waals surface area contributed by atoms with Crippen molar-refractivity contribution >= 4 is 29.5 Å². The second-order valence-corrected chi connectivity index (χ2v) is 15.1. The number of primary amides is 1. The molecule has 1 saturated heterocycles. The Morgan fingerprint density at radius 3 is 2.31 bits per heavy atom. The second-order valence-electron chi connectivity index (χ2n) is 14.3. The summed E-state index contributed by atoms with van der Waals surface area (Å²) in [6.07, 6.45) is 14.4. The molecule has 296 valence electrons. The monoisotopic (exact) mass is 774 g/mol. The molecule has 7 rings (SSSR count). The van der Waals surface area contributed by atoms with Gasteiger partial charge in [-0.2, -0.15) is 10.2 Å². The van der Waals surface area contributed by atoms with Crippen LogP contribution in [0, 0.1) is 5.92 Å². The standard InChI is InChI=1S/C24H37N7O2.C14H17N5O2S/c1-17-8-13-31(14-9-17)12-5-10-26-24-27-16-18-6-4-7-19-21(23(32)25-11-15-33-3)29-30(2)22(19)20(18)28-24;1-22-14-16-7-8-3-2-4-9-11(13(15)21)18-19(5-6-20)12(9)10(8)17-14/h16-17H,4-15H2,1-3H3,(H,25,32)(H,26,27,28);7,20H,2-6H2,1H3,(H2,15,21). The molecule has 5 heterocycles. The van der Waals surface area contributed by atoms with E-state index in [9.17, 15) is 14.7 Å². The highest BCUT2D eigenvalue weighted by molar-refractivity contribution is 7.98. The van der Waals surface area contributed by atoms with Gasteiger partial charge in [0.25, 0.3) is 11.8 Å². The van der Waals surface area contributed by atoms with Crippen molar-refractivity contribution in [1.29, 1.82) is 0 Å². The Morgan fingerprint density at radius 2 is 1.64 bits per heavy atom. The number of nitrogens with zero attached hydrogens (tertiary/aromatic N) is 9. The van der Waals surface area contributed by atoms with E-state index in [4.69, 9.17) is 15.5 Å². The number of nitrogens with one attached hydrogen (secondary N) is 2. The lowest BCUT2D eigenvalue weighted by Gasteiger charge is -2.30. The number of methoxy groups -OCH3 is 1. The predicted molar refractivity (Wildman–Crippen MR) is 211 cm³/mol. The van der Waals surface area contributed by atoms with Gasteiger partial charge in [0.1, 0.15) is 0 Å². The van der Waals surface area contributed by atoms with Gasteiger partial charge < -0.3 is 31.1 Å². The lowest BCUT2D eigenvalue weighted by Crippen LogP contribution is -2.34. The van der Waals surface area contributed by atoms with Crippen LogP contribution in [0.1, 0.15) is 82.3 Å². The summed E-state index contributed by atoms with van der Waals surface area (Å²) in [7, 11) is 3.50. The third kappa shape index (κ3) is 9.51. The molecule has 0 unspecified atom stereocenters. The van der Waals surface area contributed by atoms with Gasteiger partial charge in [0.05, 0.1) is 42.5 Å². The lowest BCUT2D eigenvalue weighted by molar-refractivity contribution is 0.0929. The van der Waals surface area contributed by atoms with Crippen LogP contribution in [0.4, 0.5) is 5.95 Å². The molecule has 0 spiro atoms. The Kier molecular flexibility index (Phi) is 13.8. The highest BCUT2D eigenvalue weighted by Crippen LogP contribution is 2.35. The molecule has 0 bridgehead atoms. The molecule has 16 nitrogen and oxygen atoms in total. The van der Waals surface area contributed by atoms with E-state index in [2.05, 4.69) is 47.6 Å². The molecular formula is C38H54N12O4S. The molecule has 2 aliphatic carbocycles. The smallest absolute Gasteiger partial charge is 0.272 e. The predicted octanol–water partition coefficient (Wildman–Crippen LogP) is 2.92. The van der Waals surface area contributed by atoms with Gasteiger partial charge in [-0.15, -0.1) is 0 Å². The number of likely N-dealkylation sites (tertiary alicyclic amines) is 1. The first-order valence-corrected chi connectivity index (χ1v) is 20.5. The molecule has 2 amide bonds. The summed E-state index contributed by atoms with van der Waals surface area (Å²) < 4.78 is 8.46. The van der Waals surface area contributed by atoms with Gasteiger partial charge in [-0.1, -0.05) is 18.7 Å². The summed E-state index contributed by atoms with van der Waals surface area (Å²) in [6.45, 7) is 7.89. The summed E-state index contributed by atoms with van der Waals surface area (Å²) in [5, 5.41) is 25.1. The highest BCUT2D eigenvalue weighted by atomic mass is 32.2. The van der Waals surface area contributed by atoms with Crippen molar-refractivity contribution in [1.82, 2.24) is 49.7 Å². The van der Waals surface area contributed by atoms with Crippen LogP contribution in [0.5, 0.6) is 0 Å². The van der Waals surface area contributed by atoms with Gasteiger partial charge >= 0.3 is 0 Å². The fourth-order valence-corrected chi connectivity index (χ4v) is 7.89. The van der Waals surface area contributed by atoms with E-state index < -0.39 is 5.91 Å². The molecule has 1 fully saturated rings. The zero-order valence-corrected chi connectivity index (χ0v) is 33.3. The Balaban J connectivity index is 0.000000203. The van der Waals surface area contributed by atoms with Crippen molar-refractivity contribution in [3.63, 3.8) is 0 Å². The number of aryl methyl sites for hydroxylation is 3. The van der Waals surface area contributed by atoms with Crippen molar-refractivity contribution in [2.75, 3.05) is 64.6 Å². The minimum Gasteiger partial charge on any atom is -0.394 e. The summed E-state index contributed by atoms with van der Waals surface area (Å²) in [5.41, 5.74) is 13.5. The SMILES string of the molecule is COCCNC(=O)c1nn(C)c2c1CCCc1cnc(NCCCN3CCC(C)CC3)nc1-2.CSc1ncc2c(n1)-c1c(c(C(N)=O)nn1CCO)CCC2. The average Bonchev–Trinajstić information content (AvgIpc) is 3.55. The molecule has 4 aromatic heterocycles. The number of carbonyl (C=O) groups is 2. The minimum absolute atomic E-state index is 0.0673. The van der Waals surface area contributed by atoms with E-state index in [1.165, 1.54) is 37.7 Å². The van der Waals surface area contributed by atoms with E-state index >= 15 is 0 Å². The molecule has 17 heteroatoms. The van der Waals surface area contributed by atoms with Crippen molar-refractivity contribution in [3.8, 4) is 22.8 Å². The van der Waals surface area contributed by atoms with Gasteiger partial charge in [-0.3, -0.25) is 19.0 Å². The average molecular weight is 775 g/mol. The van der Waals surface area contributed by atoms with Crippen LogP contribution in [0.25, 0.3) is 22.8 Å². The first kappa shape index (κ1) is 40.2. The molecule has 0 radical (unpaired) electrons. The van der Waals surface area contributed by atoms with E-state index in [0.29, 0.717) is 42.9 Å². The number of hydrogen-bond donors (Lipinski definition) is 4. The maximum atomic E-state index is 12.7. The Morgan fingerprint density at radius 1 is 0.945 bits per heavy atom. The van der Waals surface area contributed by atoms with E-state index in [0.717, 1.165) is 103 Å². The van der Waals surface area contributed by atoms with E-state index in [1.54, 1.807) is 16.5 Å². The number of piperidine rings is 1. The van der Waals surface area contributed by atoms with Crippen LogP contribution in [-0.4, -0.2) is 121 Å². The number of ether oxygens (including phenoxy) is 1. The number of hydrogen-bond acceptors (Lipinski definition) is 13. The topological polar surface area (TPSA) is 204 Å². The fraction of sp³-hybridized carbons (Fsp3) is 0.579. The number of carbonyl (C=O) groups excluding carboxylic acids is 2. The first-order valence-electron chi connectivity index (χ1n) is 19.3. The van der Waals surface area contributed by atoms with Crippen molar-refractivity contribution in [2.24, 2.45) is 18.7 Å². The quantitative estimate of drug-likeness (QED) is 0.0878. The molecular weight excluding hydrogens is 721 g/mol. The van der Waals surface area contributed by atoms with Crippen LogP contribution in [-0.2, 0) is 44.0 Å². The Hall–Kier alpha value is -4.45. The zero-order valence-electron chi connectivity index (χ0n) is 32.4. The summed E-state index contributed by atoms with van der Waals surface area (Å²) in [4.78, 5) is 45.3. The minimum atomic E-state index is -0.546. The number of anilines is 1. The van der Waals surface area contributed by atoms with Crippen LogP contribution in [0.3, 0.4) is 0 Å². The van der Waals surface area contributed by atoms with Crippen molar-refractivity contribution in [2.45, 2.75) is 76.4 Å². The summed E-state index contributed by atoms with van der Waals surface area (Å²) >= 11 is 1.46. The number of rotatable bonds is 13. The third-order valence-corrected chi connectivity index (χ3v) is 11.0. The molecule has 4 aromatic rings. The third-order valence-electron chi connectivity index (χ3n) is 10.4. The maximum Gasteiger partial charge on any atom is 0.272 e. The molecule has 3 aliphatic rings. The van der Waals surface area contributed by atoms with Gasteiger partial charge in [-0.05, 0) is 101 Å². The fourth-order valence-electron chi connectivity index (χ4n) is 7.55. The van der Waals surface area contributed by atoms with E-state index in [1.807, 2.05) is 25.7 Å². The van der Waals surface area contributed by atoms with Gasteiger partial charge in [0.15, 0.2) is 16.5 Å².